The summed E-state index contributed by atoms with van der Waals surface area (Å²) in [7, 11) is 0. The minimum atomic E-state index is -1.21. The molecule has 4 aromatic rings. The lowest BCUT2D eigenvalue weighted by atomic mass is 10.0. The number of fused-ring (bicyclic) bond motifs is 4. The molecule has 0 saturated carbocycles. The lowest BCUT2D eigenvalue weighted by Gasteiger charge is -2.20. The molecule has 0 spiro atoms. The van der Waals surface area contributed by atoms with Crippen molar-refractivity contribution in [1.82, 2.24) is 10.3 Å². The van der Waals surface area contributed by atoms with Gasteiger partial charge in [0.15, 0.2) is 6.10 Å². The summed E-state index contributed by atoms with van der Waals surface area (Å²) in [6.45, 7) is 3.38. The molecule has 5 rings (SSSR count). The van der Waals surface area contributed by atoms with E-state index in [2.05, 4.69) is 10.3 Å². The largest absolute Gasteiger partial charge is 0.508 e. The molecule has 1 amide bonds. The zero-order valence-corrected chi connectivity index (χ0v) is 19.9. The lowest BCUT2D eigenvalue weighted by molar-refractivity contribution is -0.142. The van der Waals surface area contributed by atoms with Crippen LogP contribution < -0.4 is 15.7 Å². The first-order valence-electron chi connectivity index (χ1n) is 11.8. The van der Waals surface area contributed by atoms with Crippen LogP contribution in [0.1, 0.15) is 35.6 Å². The van der Waals surface area contributed by atoms with E-state index in [4.69, 9.17) is 9.15 Å². The van der Waals surface area contributed by atoms with Crippen LogP contribution >= 0.6 is 0 Å². The molecular formula is C27H26N2O7. The number of aromatic amines is 1. The highest BCUT2D eigenvalue weighted by Gasteiger charge is 2.27. The molecule has 1 aliphatic carbocycles. The quantitative estimate of drug-likeness (QED) is 0.291. The van der Waals surface area contributed by atoms with Crippen LogP contribution in [-0.2, 0) is 28.9 Å². The molecule has 2 atom stereocenters. The third kappa shape index (κ3) is 4.28. The van der Waals surface area contributed by atoms with E-state index in [0.29, 0.717) is 39.7 Å². The van der Waals surface area contributed by atoms with Gasteiger partial charge in [-0.15, -0.1) is 0 Å². The highest BCUT2D eigenvalue weighted by molar-refractivity contribution is 5.91. The normalized spacial score (nSPS) is 14.5. The van der Waals surface area contributed by atoms with Gasteiger partial charge in [0.1, 0.15) is 23.1 Å². The van der Waals surface area contributed by atoms with E-state index < -0.39 is 24.0 Å². The number of carboxylic acids is 1. The molecular weight excluding hydrogens is 464 g/mol. The van der Waals surface area contributed by atoms with Crippen molar-refractivity contribution in [3.8, 4) is 11.5 Å². The summed E-state index contributed by atoms with van der Waals surface area (Å²) in [6, 6.07) is 7.13. The van der Waals surface area contributed by atoms with Crippen LogP contribution in [0.5, 0.6) is 11.5 Å². The van der Waals surface area contributed by atoms with Gasteiger partial charge < -0.3 is 29.7 Å². The average Bonchev–Trinajstić information content (AvgIpc) is 3.46. The molecule has 2 heterocycles. The highest BCUT2D eigenvalue weighted by atomic mass is 16.5. The second-order valence-corrected chi connectivity index (χ2v) is 9.24. The standard InChI is InChI=1S/C27H26N2O7/c1-13-8-22(24-17-4-3-5-18(17)27(34)36-23(24)9-13)35-14(2)25(31)29-21(26(32)33)10-15-12-28-20-7-6-16(30)11-19(15)20/h6-9,11-12,14,21,28,30H,3-5,10H2,1-2H3,(H,29,31)(H,32,33)/t14-,21+/m0/s1. The number of rotatable bonds is 7. The second-order valence-electron chi connectivity index (χ2n) is 9.24. The molecule has 2 aromatic heterocycles. The molecule has 0 bridgehead atoms. The van der Waals surface area contributed by atoms with Gasteiger partial charge in [-0.3, -0.25) is 4.79 Å². The Kier molecular flexibility index (Phi) is 5.91. The van der Waals surface area contributed by atoms with Gasteiger partial charge >= 0.3 is 11.6 Å². The van der Waals surface area contributed by atoms with Crippen molar-refractivity contribution in [2.24, 2.45) is 0 Å². The van der Waals surface area contributed by atoms with Gasteiger partial charge in [0.05, 0.1) is 5.39 Å². The minimum absolute atomic E-state index is 0.0172. The molecule has 36 heavy (non-hydrogen) atoms. The summed E-state index contributed by atoms with van der Waals surface area (Å²) >= 11 is 0. The number of carbonyl (C=O) groups excluding carboxylic acids is 1. The van der Waals surface area contributed by atoms with E-state index in [1.165, 1.54) is 6.07 Å². The Balaban J connectivity index is 1.38. The third-order valence-electron chi connectivity index (χ3n) is 6.64. The number of aliphatic carboxylic acids is 1. The van der Waals surface area contributed by atoms with Crippen LogP contribution in [0, 0.1) is 6.92 Å². The van der Waals surface area contributed by atoms with Gasteiger partial charge in [-0.2, -0.15) is 0 Å². The third-order valence-corrected chi connectivity index (χ3v) is 6.64. The summed E-state index contributed by atoms with van der Waals surface area (Å²) in [5.74, 6) is -1.29. The number of amides is 1. The molecule has 0 aliphatic heterocycles. The summed E-state index contributed by atoms with van der Waals surface area (Å²) in [6.07, 6.45) is 2.88. The maximum atomic E-state index is 13.0. The summed E-state index contributed by atoms with van der Waals surface area (Å²) in [5.41, 5.74) is 3.80. The molecule has 186 valence electrons. The first-order valence-corrected chi connectivity index (χ1v) is 11.8. The average molecular weight is 491 g/mol. The first kappa shape index (κ1) is 23.5. The number of benzene rings is 2. The van der Waals surface area contributed by atoms with Gasteiger partial charge in [-0.25, -0.2) is 9.59 Å². The van der Waals surface area contributed by atoms with E-state index in [0.717, 1.165) is 29.5 Å². The summed E-state index contributed by atoms with van der Waals surface area (Å²) in [5, 5.41) is 23.5. The van der Waals surface area contributed by atoms with E-state index in [1.54, 1.807) is 37.4 Å². The molecule has 2 aromatic carbocycles. The Morgan fingerprint density at radius 2 is 1.97 bits per heavy atom. The monoisotopic (exact) mass is 490 g/mol. The molecule has 1 aliphatic rings. The lowest BCUT2D eigenvalue weighted by Crippen LogP contribution is -2.47. The van der Waals surface area contributed by atoms with Crippen molar-refractivity contribution in [2.45, 2.75) is 51.7 Å². The Morgan fingerprint density at radius 3 is 2.75 bits per heavy atom. The highest BCUT2D eigenvalue weighted by Crippen LogP contribution is 2.35. The van der Waals surface area contributed by atoms with Crippen molar-refractivity contribution in [1.29, 1.82) is 0 Å². The molecule has 9 nitrogen and oxygen atoms in total. The number of hydrogen-bond donors (Lipinski definition) is 4. The van der Waals surface area contributed by atoms with Crippen molar-refractivity contribution in [2.75, 3.05) is 0 Å². The molecule has 0 fully saturated rings. The number of phenolic OH excluding ortho intramolecular Hbond substituents is 1. The number of ether oxygens (including phenoxy) is 1. The van der Waals surface area contributed by atoms with Crippen LogP contribution in [0.25, 0.3) is 21.9 Å². The van der Waals surface area contributed by atoms with Crippen LogP contribution in [-0.4, -0.2) is 39.2 Å². The fourth-order valence-corrected chi connectivity index (χ4v) is 4.89. The van der Waals surface area contributed by atoms with Gasteiger partial charge in [-0.05, 0) is 80.1 Å². The van der Waals surface area contributed by atoms with E-state index in [-0.39, 0.29) is 17.8 Å². The number of phenols is 1. The SMILES string of the molecule is Cc1cc(O[C@@H](C)C(=O)N[C@H](Cc2c[nH]c3ccc(O)cc23)C(=O)O)c2c3c(c(=O)oc2c1)CCC3. The molecule has 0 unspecified atom stereocenters. The number of aromatic hydroxyl groups is 1. The zero-order chi connectivity index (χ0) is 25.6. The fraction of sp³-hybridized carbons (Fsp3) is 0.296. The van der Waals surface area contributed by atoms with E-state index in [1.807, 2.05) is 6.92 Å². The van der Waals surface area contributed by atoms with Gasteiger partial charge in [0.2, 0.25) is 0 Å². The van der Waals surface area contributed by atoms with Gasteiger partial charge in [0.25, 0.3) is 5.91 Å². The second kappa shape index (κ2) is 9.07. The molecule has 4 N–H and O–H groups in total. The fourth-order valence-electron chi connectivity index (χ4n) is 4.89. The minimum Gasteiger partial charge on any atom is -0.508 e. The number of nitrogens with one attached hydrogen (secondary N) is 2. The molecule has 0 radical (unpaired) electrons. The van der Waals surface area contributed by atoms with Gasteiger partial charge in [0, 0.05) is 29.1 Å². The smallest absolute Gasteiger partial charge is 0.339 e. The molecule has 0 saturated heterocycles. The summed E-state index contributed by atoms with van der Waals surface area (Å²) in [4.78, 5) is 40.4. The Hall–Kier alpha value is -4.27. The molecule has 9 heteroatoms. The number of aromatic nitrogens is 1. The van der Waals surface area contributed by atoms with Crippen LogP contribution in [0.15, 0.2) is 45.7 Å². The Labute approximate surface area is 205 Å². The van der Waals surface area contributed by atoms with Crippen LogP contribution in [0.4, 0.5) is 0 Å². The van der Waals surface area contributed by atoms with Crippen LogP contribution in [0.3, 0.4) is 0 Å². The van der Waals surface area contributed by atoms with Crippen LogP contribution in [0.2, 0.25) is 0 Å². The maximum absolute atomic E-state index is 13.0. The van der Waals surface area contributed by atoms with Crippen molar-refractivity contribution >= 4 is 33.7 Å². The number of hydrogen-bond acceptors (Lipinski definition) is 6. The predicted molar refractivity (Wildman–Crippen MR) is 133 cm³/mol. The van der Waals surface area contributed by atoms with E-state index in [9.17, 15) is 24.6 Å². The van der Waals surface area contributed by atoms with E-state index >= 15 is 0 Å². The van der Waals surface area contributed by atoms with Crippen molar-refractivity contribution in [3.05, 3.63) is 69.2 Å². The first-order chi connectivity index (χ1) is 17.2. The van der Waals surface area contributed by atoms with Crippen molar-refractivity contribution in [3.63, 3.8) is 0 Å². The zero-order valence-electron chi connectivity index (χ0n) is 19.9. The maximum Gasteiger partial charge on any atom is 0.339 e. The Bertz CT molecular complexity index is 1570. The number of carbonyl (C=O) groups is 2. The number of carboxylic acid groups (broad SMARTS) is 1. The predicted octanol–water partition coefficient (Wildman–Crippen LogP) is 3.36. The van der Waals surface area contributed by atoms with Gasteiger partial charge in [-0.1, -0.05) is 0 Å². The number of aryl methyl sites for hydroxylation is 2. The Morgan fingerprint density at radius 1 is 1.19 bits per heavy atom. The van der Waals surface area contributed by atoms with Crippen molar-refractivity contribution < 1.29 is 29.0 Å². The summed E-state index contributed by atoms with van der Waals surface area (Å²) < 4.78 is 11.6. The number of H-pyrrole nitrogens is 1. The topological polar surface area (TPSA) is 142 Å².